The largest absolute Gasteiger partial charge is 0.394 e. The van der Waals surface area contributed by atoms with Crippen LogP contribution < -0.4 is 0 Å². The molecule has 0 radical (unpaired) electrons. The van der Waals surface area contributed by atoms with Crippen LogP contribution >= 0.6 is 11.7 Å². The molecule has 1 atom stereocenters. The summed E-state index contributed by atoms with van der Waals surface area (Å²) in [7, 11) is 0. The summed E-state index contributed by atoms with van der Waals surface area (Å²) >= 11 is 1.27. The third kappa shape index (κ3) is 3.33. The number of aromatic nitrogens is 4. The first kappa shape index (κ1) is 15.7. The van der Waals surface area contributed by atoms with E-state index in [0.29, 0.717) is 12.5 Å². The van der Waals surface area contributed by atoms with Gasteiger partial charge in [0, 0.05) is 25.2 Å². The van der Waals surface area contributed by atoms with E-state index in [1.54, 1.807) is 0 Å². The Labute approximate surface area is 145 Å². The van der Waals surface area contributed by atoms with Gasteiger partial charge >= 0.3 is 0 Å². The van der Waals surface area contributed by atoms with Crippen molar-refractivity contribution in [2.24, 2.45) is 0 Å². The molecule has 3 aromatic rings. The van der Waals surface area contributed by atoms with Gasteiger partial charge in [-0.15, -0.1) is 0 Å². The van der Waals surface area contributed by atoms with Gasteiger partial charge in [-0.3, -0.25) is 9.58 Å². The van der Waals surface area contributed by atoms with E-state index in [1.165, 1.54) is 30.1 Å². The average molecular weight is 343 g/mol. The molecule has 2 aromatic heterocycles. The molecule has 1 N–H and O–H groups in total. The van der Waals surface area contributed by atoms with Gasteiger partial charge in [-0.05, 0) is 43.1 Å². The molecule has 0 unspecified atom stereocenters. The molecule has 3 heterocycles. The Kier molecular flexibility index (Phi) is 4.55. The molecule has 4 rings (SSSR count). The minimum atomic E-state index is 0.131. The highest BCUT2D eigenvalue weighted by molar-refractivity contribution is 7.00. The van der Waals surface area contributed by atoms with Gasteiger partial charge in [-0.25, -0.2) is 0 Å². The summed E-state index contributed by atoms with van der Waals surface area (Å²) < 4.78 is 10.4. The van der Waals surface area contributed by atoms with Crippen LogP contribution in [0.2, 0.25) is 0 Å². The zero-order valence-electron chi connectivity index (χ0n) is 13.5. The van der Waals surface area contributed by atoms with E-state index >= 15 is 0 Å². The van der Waals surface area contributed by atoms with Crippen LogP contribution in [0.1, 0.15) is 30.0 Å². The number of benzene rings is 1. The third-order valence-electron chi connectivity index (χ3n) is 4.64. The van der Waals surface area contributed by atoms with E-state index in [2.05, 4.69) is 43.0 Å². The van der Waals surface area contributed by atoms with Crippen molar-refractivity contribution < 1.29 is 5.11 Å². The molecule has 0 amide bonds. The summed E-state index contributed by atoms with van der Waals surface area (Å²) in [5, 5.41) is 13.6. The van der Waals surface area contributed by atoms with Crippen LogP contribution in [-0.2, 0) is 13.1 Å². The lowest BCUT2D eigenvalue weighted by atomic mass is 9.94. The lowest BCUT2D eigenvalue weighted by molar-refractivity contribution is 0.197. The van der Waals surface area contributed by atoms with Gasteiger partial charge in [0.25, 0.3) is 0 Å². The number of fused-ring (bicyclic) bond motifs is 1. The van der Waals surface area contributed by atoms with Gasteiger partial charge in [0.2, 0.25) is 0 Å². The molecule has 1 aromatic carbocycles. The Bertz CT molecular complexity index is 814. The van der Waals surface area contributed by atoms with Gasteiger partial charge in [0.1, 0.15) is 11.0 Å². The van der Waals surface area contributed by atoms with Crippen LogP contribution in [0, 0.1) is 0 Å². The van der Waals surface area contributed by atoms with Crippen molar-refractivity contribution in [1.29, 1.82) is 0 Å². The van der Waals surface area contributed by atoms with E-state index in [4.69, 9.17) is 5.11 Å². The second-order valence-corrected chi connectivity index (χ2v) is 6.92. The molecule has 1 aliphatic heterocycles. The number of aliphatic hydroxyl groups is 1. The Balaban J connectivity index is 1.43. The molecule has 1 fully saturated rings. The Morgan fingerprint density at radius 1 is 1.21 bits per heavy atom. The maximum absolute atomic E-state index is 9.03. The minimum Gasteiger partial charge on any atom is -0.394 e. The second-order valence-electron chi connectivity index (χ2n) is 6.39. The fourth-order valence-corrected chi connectivity index (χ4v) is 3.96. The SMILES string of the molecule is OCCn1ccc([C@H]2CCCN(Cc3ccc4nsnc4c3)C2)n1. The van der Waals surface area contributed by atoms with Crippen LogP contribution in [0.4, 0.5) is 0 Å². The van der Waals surface area contributed by atoms with Crippen LogP contribution in [0.15, 0.2) is 30.5 Å². The molecule has 1 saturated heterocycles. The van der Waals surface area contributed by atoms with Crippen LogP contribution in [0.5, 0.6) is 0 Å². The summed E-state index contributed by atoms with van der Waals surface area (Å²) in [5.74, 6) is 0.475. The minimum absolute atomic E-state index is 0.131. The number of aliphatic hydroxyl groups excluding tert-OH is 1. The quantitative estimate of drug-likeness (QED) is 0.770. The highest BCUT2D eigenvalue weighted by Gasteiger charge is 2.23. The number of hydrogen-bond acceptors (Lipinski definition) is 6. The lowest BCUT2D eigenvalue weighted by Gasteiger charge is -2.32. The van der Waals surface area contributed by atoms with E-state index < -0.39 is 0 Å². The van der Waals surface area contributed by atoms with Gasteiger partial charge in [0.05, 0.1) is 30.6 Å². The average Bonchev–Trinajstić information content (AvgIpc) is 3.24. The molecular weight excluding hydrogens is 322 g/mol. The number of likely N-dealkylation sites (tertiary alicyclic amines) is 1. The predicted molar refractivity (Wildman–Crippen MR) is 94.0 cm³/mol. The fraction of sp³-hybridized carbons (Fsp3) is 0.471. The van der Waals surface area contributed by atoms with Gasteiger partial charge in [-0.2, -0.15) is 13.8 Å². The maximum atomic E-state index is 9.03. The van der Waals surface area contributed by atoms with Crippen molar-refractivity contribution >= 4 is 22.8 Å². The third-order valence-corrected chi connectivity index (χ3v) is 5.20. The van der Waals surface area contributed by atoms with E-state index in [1.807, 2.05) is 10.9 Å². The maximum Gasteiger partial charge on any atom is 0.105 e. The van der Waals surface area contributed by atoms with Crippen molar-refractivity contribution in [2.45, 2.75) is 31.8 Å². The predicted octanol–water partition coefficient (Wildman–Crippen LogP) is 2.26. The number of nitrogens with zero attached hydrogens (tertiary/aromatic N) is 5. The van der Waals surface area contributed by atoms with Crippen molar-refractivity contribution in [3.05, 3.63) is 41.7 Å². The first-order chi connectivity index (χ1) is 11.8. The van der Waals surface area contributed by atoms with Crippen LogP contribution in [0.25, 0.3) is 11.0 Å². The van der Waals surface area contributed by atoms with Crippen molar-refractivity contribution in [2.75, 3.05) is 19.7 Å². The zero-order valence-corrected chi connectivity index (χ0v) is 14.3. The molecule has 0 spiro atoms. The molecule has 0 bridgehead atoms. The number of rotatable bonds is 5. The topological polar surface area (TPSA) is 67.1 Å². The van der Waals surface area contributed by atoms with Crippen molar-refractivity contribution in [3.8, 4) is 0 Å². The van der Waals surface area contributed by atoms with Crippen molar-refractivity contribution in [1.82, 2.24) is 23.4 Å². The zero-order chi connectivity index (χ0) is 16.4. The Morgan fingerprint density at radius 3 is 3.04 bits per heavy atom. The molecule has 7 heteroatoms. The summed E-state index contributed by atoms with van der Waals surface area (Å²) in [4.78, 5) is 2.50. The Hall–Kier alpha value is -1.83. The molecule has 6 nitrogen and oxygen atoms in total. The Morgan fingerprint density at radius 2 is 2.12 bits per heavy atom. The van der Waals surface area contributed by atoms with Crippen LogP contribution in [-0.4, -0.2) is 48.2 Å². The highest BCUT2D eigenvalue weighted by atomic mass is 32.1. The van der Waals surface area contributed by atoms with E-state index in [9.17, 15) is 0 Å². The summed E-state index contributed by atoms with van der Waals surface area (Å²) in [6.45, 7) is 3.80. The van der Waals surface area contributed by atoms with E-state index in [-0.39, 0.29) is 6.61 Å². The standard InChI is InChI=1S/C17H21N5OS/c23-9-8-22-7-5-15(18-22)14-2-1-6-21(12-14)11-13-3-4-16-17(10-13)20-24-19-16/h3-5,7,10,14,23H,1-2,6,8-9,11-12H2/t14-/m0/s1. The van der Waals surface area contributed by atoms with Crippen molar-refractivity contribution in [3.63, 3.8) is 0 Å². The van der Waals surface area contributed by atoms with Gasteiger partial charge < -0.3 is 5.11 Å². The molecule has 126 valence electrons. The van der Waals surface area contributed by atoms with Gasteiger partial charge in [0.15, 0.2) is 0 Å². The van der Waals surface area contributed by atoms with E-state index in [0.717, 1.165) is 36.4 Å². The summed E-state index contributed by atoms with van der Waals surface area (Å²) in [6, 6.07) is 8.46. The summed E-state index contributed by atoms with van der Waals surface area (Å²) in [5.41, 5.74) is 4.41. The van der Waals surface area contributed by atoms with Crippen LogP contribution in [0.3, 0.4) is 0 Å². The number of piperidine rings is 1. The highest BCUT2D eigenvalue weighted by Crippen LogP contribution is 2.27. The first-order valence-electron chi connectivity index (χ1n) is 8.39. The first-order valence-corrected chi connectivity index (χ1v) is 9.12. The molecule has 24 heavy (non-hydrogen) atoms. The molecule has 0 aliphatic carbocycles. The fourth-order valence-electron chi connectivity index (χ4n) is 3.45. The number of hydrogen-bond donors (Lipinski definition) is 1. The summed E-state index contributed by atoms with van der Waals surface area (Å²) in [6.07, 6.45) is 4.34. The van der Waals surface area contributed by atoms with Gasteiger partial charge in [-0.1, -0.05) is 6.07 Å². The molecule has 0 saturated carbocycles. The normalized spacial score (nSPS) is 19.1. The smallest absolute Gasteiger partial charge is 0.105 e. The molecular formula is C17H21N5OS. The molecule has 1 aliphatic rings. The lowest BCUT2D eigenvalue weighted by Crippen LogP contribution is -2.34. The second kappa shape index (κ2) is 6.96. The monoisotopic (exact) mass is 343 g/mol.